The van der Waals surface area contributed by atoms with Crippen LogP contribution >= 0.6 is 0 Å². The van der Waals surface area contributed by atoms with Crippen LogP contribution in [0, 0.1) is 12.3 Å². The maximum atomic E-state index is 13.5. The number of hydrogen-bond acceptors (Lipinski definition) is 3. The fourth-order valence-corrected chi connectivity index (χ4v) is 5.94. The molecule has 0 radical (unpaired) electrons. The van der Waals surface area contributed by atoms with Gasteiger partial charge in [-0.25, -0.2) is 4.79 Å². The van der Waals surface area contributed by atoms with Gasteiger partial charge in [0.15, 0.2) is 0 Å². The number of nitrogens with zero attached hydrogens (tertiary/aromatic N) is 2. The summed E-state index contributed by atoms with van der Waals surface area (Å²) >= 11 is 0. The molecule has 0 unspecified atom stereocenters. The van der Waals surface area contributed by atoms with Crippen molar-refractivity contribution in [2.45, 2.75) is 85.0 Å². The van der Waals surface area contributed by atoms with Crippen molar-refractivity contribution in [1.82, 2.24) is 4.90 Å². The fraction of sp³-hybridized carbons (Fsp3) is 0.531. The Morgan fingerprint density at radius 2 is 1.82 bits per heavy atom. The molecule has 4 nitrogen and oxygen atoms in total. The highest BCUT2D eigenvalue weighted by molar-refractivity contribution is 5.81. The van der Waals surface area contributed by atoms with E-state index in [0.717, 1.165) is 37.1 Å². The second-order valence-electron chi connectivity index (χ2n) is 12.6. The molecule has 1 saturated heterocycles. The molecule has 0 N–H and O–H groups in total. The van der Waals surface area contributed by atoms with Crippen LogP contribution in [-0.2, 0) is 10.9 Å². The van der Waals surface area contributed by atoms with E-state index in [0.29, 0.717) is 23.6 Å². The number of alkyl halides is 3. The van der Waals surface area contributed by atoms with Gasteiger partial charge in [0.1, 0.15) is 6.10 Å². The van der Waals surface area contributed by atoms with Crippen LogP contribution in [0.3, 0.4) is 0 Å². The van der Waals surface area contributed by atoms with E-state index < -0.39 is 30.0 Å². The Morgan fingerprint density at radius 1 is 1.13 bits per heavy atom. The average Bonchev–Trinajstić information content (AvgIpc) is 3.10. The third kappa shape index (κ3) is 6.12. The maximum Gasteiger partial charge on any atom is 0.416 e. The second-order valence-corrected chi connectivity index (χ2v) is 12.6. The molecule has 2 aromatic rings. The molecular weight excluding hydrogens is 501 g/mol. The summed E-state index contributed by atoms with van der Waals surface area (Å²) in [6.45, 7) is 12.8. The predicted octanol–water partition coefficient (Wildman–Crippen LogP) is 8.75. The van der Waals surface area contributed by atoms with Gasteiger partial charge in [-0.1, -0.05) is 45.4 Å². The van der Waals surface area contributed by atoms with E-state index >= 15 is 0 Å². The smallest absolute Gasteiger partial charge is 0.416 e. The van der Waals surface area contributed by atoms with E-state index in [4.69, 9.17) is 4.74 Å². The van der Waals surface area contributed by atoms with E-state index in [1.807, 2.05) is 21.0 Å². The molecule has 0 spiro atoms. The van der Waals surface area contributed by atoms with Crippen molar-refractivity contribution in [1.29, 1.82) is 0 Å². The zero-order valence-electron chi connectivity index (χ0n) is 24.4. The molecule has 1 fully saturated rings. The van der Waals surface area contributed by atoms with Crippen molar-refractivity contribution in [2.24, 2.45) is 5.41 Å². The fourth-order valence-electron chi connectivity index (χ4n) is 5.94. The third-order valence-corrected chi connectivity index (χ3v) is 8.17. The minimum Gasteiger partial charge on any atom is -0.439 e. The topological polar surface area (TPSA) is 32.8 Å². The number of hydrogen-bond donors (Lipinski definition) is 0. The van der Waals surface area contributed by atoms with Crippen LogP contribution in [0.2, 0.25) is 0 Å². The van der Waals surface area contributed by atoms with E-state index in [9.17, 15) is 18.0 Å². The summed E-state index contributed by atoms with van der Waals surface area (Å²) in [5, 5.41) is 0. The number of amides is 1. The largest absolute Gasteiger partial charge is 0.439 e. The Balaban J connectivity index is 1.74. The number of halogens is 3. The Hall–Kier alpha value is -2.96. The standard InChI is InChI=1S/C32H41F3N2O2/c1-19(2)22-9-10-28(36(7)8)27(16-22)26-11-12-31(5,6)17-24(26)18-37-21(4)29(39-30(37)38)23-13-20(3)14-25(15-23)32(33,34)35/h9-10,13-16,19,21,29H,11-12,17-18H2,1-8H3/t21-,29-/m0/s1. The number of benzene rings is 2. The van der Waals surface area contributed by atoms with E-state index in [1.54, 1.807) is 17.9 Å². The summed E-state index contributed by atoms with van der Waals surface area (Å²) in [5.41, 5.74) is 6.28. The van der Waals surface area contributed by atoms with Crippen molar-refractivity contribution in [3.63, 3.8) is 0 Å². The SMILES string of the molecule is Cc1cc([C@H]2OC(=O)N(CC3=C(c4cc(C(C)C)ccc4N(C)C)CCC(C)(C)C3)[C@H]2C)cc(C(F)(F)F)c1. The van der Waals surface area contributed by atoms with Crippen LogP contribution in [0.25, 0.3) is 5.57 Å². The van der Waals surface area contributed by atoms with Crippen LogP contribution in [0.4, 0.5) is 23.7 Å². The Bertz CT molecular complexity index is 1280. The lowest BCUT2D eigenvalue weighted by Gasteiger charge is -2.36. The summed E-state index contributed by atoms with van der Waals surface area (Å²) in [5.74, 6) is 0.384. The zero-order chi connectivity index (χ0) is 28.9. The summed E-state index contributed by atoms with van der Waals surface area (Å²) in [6, 6.07) is 10.1. The quantitative estimate of drug-likeness (QED) is 0.366. The third-order valence-electron chi connectivity index (χ3n) is 8.17. The van der Waals surface area contributed by atoms with Gasteiger partial charge in [-0.2, -0.15) is 13.2 Å². The molecule has 0 aromatic heterocycles. The minimum atomic E-state index is -4.46. The Morgan fingerprint density at radius 3 is 2.44 bits per heavy atom. The van der Waals surface area contributed by atoms with Crippen molar-refractivity contribution in [3.05, 3.63) is 69.8 Å². The normalized spacial score (nSPS) is 21.5. The molecule has 2 atom stereocenters. The van der Waals surface area contributed by atoms with Gasteiger partial charge in [0.25, 0.3) is 0 Å². The maximum absolute atomic E-state index is 13.5. The molecule has 212 valence electrons. The summed E-state index contributed by atoms with van der Waals surface area (Å²) in [4.78, 5) is 17.0. The molecule has 2 aliphatic rings. The summed E-state index contributed by atoms with van der Waals surface area (Å²) in [6.07, 6.45) is -2.93. The Labute approximate surface area is 230 Å². The van der Waals surface area contributed by atoms with Crippen molar-refractivity contribution >= 4 is 17.4 Å². The number of allylic oxidation sites excluding steroid dienone is 1. The molecular formula is C32H41F3N2O2. The first-order valence-corrected chi connectivity index (χ1v) is 13.8. The highest BCUT2D eigenvalue weighted by atomic mass is 19.4. The highest BCUT2D eigenvalue weighted by Crippen LogP contribution is 2.46. The van der Waals surface area contributed by atoms with E-state index in [-0.39, 0.29) is 5.41 Å². The molecule has 1 aliphatic heterocycles. The van der Waals surface area contributed by atoms with Gasteiger partial charge in [0, 0.05) is 31.9 Å². The monoisotopic (exact) mass is 542 g/mol. The lowest BCUT2D eigenvalue weighted by molar-refractivity contribution is -0.137. The molecule has 0 bridgehead atoms. The number of ether oxygens (including phenoxy) is 1. The predicted molar refractivity (Wildman–Crippen MR) is 151 cm³/mol. The number of anilines is 1. The highest BCUT2D eigenvalue weighted by Gasteiger charge is 2.42. The first kappa shape index (κ1) is 29.0. The van der Waals surface area contributed by atoms with Crippen molar-refractivity contribution in [2.75, 3.05) is 25.5 Å². The van der Waals surface area contributed by atoms with Gasteiger partial charge in [0.2, 0.25) is 0 Å². The number of cyclic esters (lactones) is 1. The molecule has 39 heavy (non-hydrogen) atoms. The van der Waals surface area contributed by atoms with Crippen LogP contribution in [0.1, 0.15) is 93.7 Å². The van der Waals surface area contributed by atoms with Gasteiger partial charge < -0.3 is 9.64 Å². The Kier molecular flexibility index (Phi) is 7.85. The molecule has 1 heterocycles. The number of carbonyl (C=O) groups is 1. The molecule has 2 aromatic carbocycles. The first-order chi connectivity index (χ1) is 18.1. The average molecular weight is 543 g/mol. The second kappa shape index (κ2) is 10.5. The van der Waals surface area contributed by atoms with Crippen LogP contribution in [0.15, 0.2) is 42.0 Å². The number of carbonyl (C=O) groups excluding carboxylic acids is 1. The van der Waals surface area contributed by atoms with Crippen molar-refractivity contribution in [3.8, 4) is 0 Å². The minimum absolute atomic E-state index is 0.0805. The van der Waals surface area contributed by atoms with Crippen molar-refractivity contribution < 1.29 is 22.7 Å². The summed E-state index contributed by atoms with van der Waals surface area (Å²) < 4.78 is 46.3. The molecule has 1 aliphatic carbocycles. The van der Waals surface area contributed by atoms with Gasteiger partial charge in [-0.15, -0.1) is 0 Å². The lowest BCUT2D eigenvalue weighted by atomic mass is 9.72. The molecule has 7 heteroatoms. The van der Waals surface area contributed by atoms with Gasteiger partial charge in [0.05, 0.1) is 11.6 Å². The number of aryl methyl sites for hydroxylation is 1. The van der Waals surface area contributed by atoms with Gasteiger partial charge >= 0.3 is 12.3 Å². The number of rotatable bonds is 6. The van der Waals surface area contributed by atoms with Crippen LogP contribution in [-0.4, -0.2) is 37.7 Å². The zero-order valence-corrected chi connectivity index (χ0v) is 24.4. The van der Waals surface area contributed by atoms with Crippen LogP contribution < -0.4 is 4.90 Å². The van der Waals surface area contributed by atoms with Crippen LogP contribution in [0.5, 0.6) is 0 Å². The molecule has 4 rings (SSSR count). The van der Waals surface area contributed by atoms with Gasteiger partial charge in [-0.05, 0) is 91.0 Å². The van der Waals surface area contributed by atoms with E-state index in [1.165, 1.54) is 22.3 Å². The van der Waals surface area contributed by atoms with E-state index in [2.05, 4.69) is 50.8 Å². The lowest BCUT2D eigenvalue weighted by Crippen LogP contribution is -2.35. The summed E-state index contributed by atoms with van der Waals surface area (Å²) in [7, 11) is 4.09. The molecule has 0 saturated carbocycles. The molecule has 1 amide bonds. The first-order valence-electron chi connectivity index (χ1n) is 13.8. The van der Waals surface area contributed by atoms with Gasteiger partial charge in [-0.3, -0.25) is 4.90 Å².